The Kier molecular flexibility index (Phi) is 4.97. The van der Waals surface area contributed by atoms with Crippen LogP contribution in [0.25, 0.3) is 0 Å². The summed E-state index contributed by atoms with van der Waals surface area (Å²) in [4.78, 5) is 12.1. The molecule has 2 N–H and O–H groups in total. The van der Waals surface area contributed by atoms with Gasteiger partial charge in [0, 0.05) is 19.0 Å². The van der Waals surface area contributed by atoms with Gasteiger partial charge in [0.2, 0.25) is 5.91 Å². The lowest BCUT2D eigenvalue weighted by atomic mass is 9.93. The molecule has 1 amide bonds. The van der Waals surface area contributed by atoms with E-state index in [-0.39, 0.29) is 11.8 Å². The summed E-state index contributed by atoms with van der Waals surface area (Å²) in [7, 11) is 0. The summed E-state index contributed by atoms with van der Waals surface area (Å²) >= 11 is 0. The first-order chi connectivity index (χ1) is 9.16. The molecule has 3 nitrogen and oxygen atoms in total. The minimum absolute atomic E-state index is 0.171. The van der Waals surface area contributed by atoms with Crippen molar-refractivity contribution in [1.29, 1.82) is 0 Å². The number of hydrogen-bond acceptors (Lipinski definition) is 2. The summed E-state index contributed by atoms with van der Waals surface area (Å²) in [6.45, 7) is 6.21. The molecule has 0 bridgehead atoms. The van der Waals surface area contributed by atoms with Gasteiger partial charge in [0.05, 0.1) is 0 Å². The van der Waals surface area contributed by atoms with Gasteiger partial charge in [-0.1, -0.05) is 31.2 Å². The predicted octanol–water partition coefficient (Wildman–Crippen LogP) is 2.36. The van der Waals surface area contributed by atoms with E-state index in [2.05, 4.69) is 36.6 Å². The van der Waals surface area contributed by atoms with Crippen molar-refractivity contribution in [2.24, 2.45) is 0 Å². The molecule has 1 aliphatic rings. The highest BCUT2D eigenvalue weighted by atomic mass is 16.1. The highest BCUT2D eigenvalue weighted by Gasteiger charge is 2.18. The zero-order chi connectivity index (χ0) is 13.7. The molecule has 104 valence electrons. The molecule has 1 aliphatic heterocycles. The summed E-state index contributed by atoms with van der Waals surface area (Å²) in [6.07, 6.45) is 2.82. The van der Waals surface area contributed by atoms with Crippen LogP contribution >= 0.6 is 0 Å². The third kappa shape index (κ3) is 4.06. The van der Waals surface area contributed by atoms with Crippen LogP contribution in [-0.2, 0) is 4.79 Å². The van der Waals surface area contributed by atoms with Gasteiger partial charge in [0.25, 0.3) is 0 Å². The second-order valence-corrected chi connectivity index (χ2v) is 5.57. The van der Waals surface area contributed by atoms with Crippen LogP contribution in [-0.4, -0.2) is 25.0 Å². The van der Waals surface area contributed by atoms with Crippen molar-refractivity contribution in [2.75, 3.05) is 13.1 Å². The first-order valence-corrected chi connectivity index (χ1v) is 7.22. The average molecular weight is 260 g/mol. The fourth-order valence-corrected chi connectivity index (χ4v) is 2.79. The van der Waals surface area contributed by atoms with Gasteiger partial charge in [0.15, 0.2) is 0 Å². The number of amides is 1. The molecule has 0 spiro atoms. The molecular formula is C16H24N2O. The lowest BCUT2D eigenvalue weighted by Gasteiger charge is -2.24. The molecule has 1 aromatic carbocycles. The number of carbonyl (C=O) groups excluding carboxylic acids is 1. The largest absolute Gasteiger partial charge is 0.352 e. The lowest BCUT2D eigenvalue weighted by molar-refractivity contribution is -0.122. The van der Waals surface area contributed by atoms with Crippen LogP contribution in [0.5, 0.6) is 0 Å². The Morgan fingerprint density at radius 3 is 2.95 bits per heavy atom. The number of hydrogen-bond donors (Lipinski definition) is 2. The van der Waals surface area contributed by atoms with E-state index in [0.29, 0.717) is 12.5 Å². The number of rotatable bonds is 4. The molecule has 1 saturated heterocycles. The van der Waals surface area contributed by atoms with Crippen LogP contribution < -0.4 is 10.6 Å². The van der Waals surface area contributed by atoms with Crippen LogP contribution in [0.2, 0.25) is 0 Å². The maximum Gasteiger partial charge on any atom is 0.220 e. The van der Waals surface area contributed by atoms with E-state index in [1.165, 1.54) is 11.1 Å². The zero-order valence-electron chi connectivity index (χ0n) is 11.9. The Morgan fingerprint density at radius 2 is 2.26 bits per heavy atom. The van der Waals surface area contributed by atoms with Gasteiger partial charge in [-0.3, -0.25) is 4.79 Å². The standard InChI is InChI=1S/C16H24N2O/c1-12-6-3-4-8-15(12)13(2)10-16(19)18-14-7-5-9-17-11-14/h3-4,6,8,13-14,17H,5,7,9-11H2,1-2H3,(H,18,19)/t13?,14-/m0/s1. The van der Waals surface area contributed by atoms with Crippen LogP contribution in [0.15, 0.2) is 24.3 Å². The van der Waals surface area contributed by atoms with E-state index in [1.54, 1.807) is 0 Å². The topological polar surface area (TPSA) is 41.1 Å². The van der Waals surface area contributed by atoms with E-state index in [0.717, 1.165) is 25.9 Å². The molecule has 1 fully saturated rings. The van der Waals surface area contributed by atoms with Crippen molar-refractivity contribution in [3.05, 3.63) is 35.4 Å². The fourth-order valence-electron chi connectivity index (χ4n) is 2.79. The molecule has 1 unspecified atom stereocenters. The second kappa shape index (κ2) is 6.71. The monoisotopic (exact) mass is 260 g/mol. The quantitative estimate of drug-likeness (QED) is 0.872. The van der Waals surface area contributed by atoms with Crippen molar-refractivity contribution >= 4 is 5.91 Å². The molecule has 3 heteroatoms. The van der Waals surface area contributed by atoms with Crippen LogP contribution in [0.3, 0.4) is 0 Å². The molecule has 0 saturated carbocycles. The molecule has 0 aliphatic carbocycles. The van der Waals surface area contributed by atoms with Gasteiger partial charge in [-0.05, 0) is 43.4 Å². The minimum Gasteiger partial charge on any atom is -0.352 e. The van der Waals surface area contributed by atoms with Gasteiger partial charge in [-0.2, -0.15) is 0 Å². The van der Waals surface area contributed by atoms with E-state index in [1.807, 2.05) is 12.1 Å². The number of benzene rings is 1. The Balaban J connectivity index is 1.86. The second-order valence-electron chi connectivity index (χ2n) is 5.57. The normalized spacial score (nSPS) is 20.8. The molecule has 1 heterocycles. The first-order valence-electron chi connectivity index (χ1n) is 7.22. The van der Waals surface area contributed by atoms with Crippen molar-refractivity contribution in [1.82, 2.24) is 10.6 Å². The molecular weight excluding hydrogens is 236 g/mol. The third-order valence-corrected chi connectivity index (χ3v) is 3.87. The van der Waals surface area contributed by atoms with Crippen molar-refractivity contribution in [3.63, 3.8) is 0 Å². The average Bonchev–Trinajstić information content (AvgIpc) is 2.40. The molecule has 1 aromatic rings. The van der Waals surface area contributed by atoms with Gasteiger partial charge < -0.3 is 10.6 Å². The van der Waals surface area contributed by atoms with Gasteiger partial charge in [-0.25, -0.2) is 0 Å². The molecule has 19 heavy (non-hydrogen) atoms. The van der Waals surface area contributed by atoms with Crippen molar-refractivity contribution in [3.8, 4) is 0 Å². The Hall–Kier alpha value is -1.35. The summed E-state index contributed by atoms with van der Waals surface area (Å²) in [6, 6.07) is 8.62. The number of piperidine rings is 1. The maximum atomic E-state index is 12.1. The van der Waals surface area contributed by atoms with Crippen molar-refractivity contribution < 1.29 is 4.79 Å². The van der Waals surface area contributed by atoms with E-state index >= 15 is 0 Å². The van der Waals surface area contributed by atoms with Gasteiger partial charge in [0.1, 0.15) is 0 Å². The molecule has 0 radical (unpaired) electrons. The number of nitrogens with one attached hydrogen (secondary N) is 2. The smallest absolute Gasteiger partial charge is 0.220 e. The van der Waals surface area contributed by atoms with E-state index < -0.39 is 0 Å². The Bertz CT molecular complexity index is 425. The highest BCUT2D eigenvalue weighted by molar-refractivity contribution is 5.77. The summed E-state index contributed by atoms with van der Waals surface area (Å²) in [5.41, 5.74) is 2.54. The summed E-state index contributed by atoms with van der Waals surface area (Å²) in [5.74, 6) is 0.446. The Labute approximate surface area is 115 Å². The highest BCUT2D eigenvalue weighted by Crippen LogP contribution is 2.22. The van der Waals surface area contributed by atoms with E-state index in [9.17, 15) is 4.79 Å². The number of carbonyl (C=O) groups is 1. The van der Waals surface area contributed by atoms with Gasteiger partial charge in [-0.15, -0.1) is 0 Å². The first kappa shape index (κ1) is 14.1. The minimum atomic E-state index is 0.171. The van der Waals surface area contributed by atoms with Crippen LogP contribution in [0.1, 0.15) is 43.2 Å². The summed E-state index contributed by atoms with van der Waals surface area (Å²) in [5, 5.41) is 6.46. The summed E-state index contributed by atoms with van der Waals surface area (Å²) < 4.78 is 0. The SMILES string of the molecule is Cc1ccccc1C(C)CC(=O)N[C@H]1CCCNC1. The van der Waals surface area contributed by atoms with E-state index in [4.69, 9.17) is 0 Å². The molecule has 2 atom stereocenters. The number of aryl methyl sites for hydroxylation is 1. The third-order valence-electron chi connectivity index (χ3n) is 3.87. The predicted molar refractivity (Wildman–Crippen MR) is 78.2 cm³/mol. The van der Waals surface area contributed by atoms with Crippen molar-refractivity contribution in [2.45, 2.75) is 45.1 Å². The zero-order valence-corrected chi connectivity index (χ0v) is 11.9. The van der Waals surface area contributed by atoms with Gasteiger partial charge >= 0.3 is 0 Å². The fraction of sp³-hybridized carbons (Fsp3) is 0.562. The lowest BCUT2D eigenvalue weighted by Crippen LogP contribution is -2.45. The van der Waals surface area contributed by atoms with Crippen LogP contribution in [0.4, 0.5) is 0 Å². The van der Waals surface area contributed by atoms with Crippen LogP contribution in [0, 0.1) is 6.92 Å². The molecule has 2 rings (SSSR count). The Morgan fingerprint density at radius 1 is 1.47 bits per heavy atom. The maximum absolute atomic E-state index is 12.1. The molecule has 0 aromatic heterocycles.